The van der Waals surface area contributed by atoms with E-state index in [1.54, 1.807) is 12.0 Å². The largest absolute Gasteiger partial charge is 0.497 e. The Morgan fingerprint density at radius 1 is 0.917 bits per heavy atom. The van der Waals surface area contributed by atoms with E-state index >= 15 is 0 Å². The van der Waals surface area contributed by atoms with Gasteiger partial charge in [-0.25, -0.2) is 0 Å². The van der Waals surface area contributed by atoms with Gasteiger partial charge < -0.3 is 19.7 Å². The molecule has 0 saturated carbocycles. The van der Waals surface area contributed by atoms with Crippen molar-refractivity contribution < 1.29 is 19.1 Å². The lowest BCUT2D eigenvalue weighted by atomic mass is 10.0. The van der Waals surface area contributed by atoms with Gasteiger partial charge in [-0.3, -0.25) is 9.59 Å². The van der Waals surface area contributed by atoms with Crippen molar-refractivity contribution in [1.82, 2.24) is 10.2 Å². The summed E-state index contributed by atoms with van der Waals surface area (Å²) in [5.41, 5.74) is 2.97. The lowest BCUT2D eigenvalue weighted by Crippen LogP contribution is -2.51. The number of carbonyl (C=O) groups excluding carboxylic acids is 2. The minimum atomic E-state index is -0.690. The molecule has 0 radical (unpaired) electrons. The fourth-order valence-corrected chi connectivity index (χ4v) is 3.89. The fourth-order valence-electron chi connectivity index (χ4n) is 3.89. The predicted octanol–water partition coefficient (Wildman–Crippen LogP) is 4.94. The molecule has 1 N–H and O–H groups in total. The monoisotopic (exact) mass is 488 g/mol. The maximum absolute atomic E-state index is 13.6. The van der Waals surface area contributed by atoms with E-state index < -0.39 is 6.04 Å². The summed E-state index contributed by atoms with van der Waals surface area (Å²) >= 11 is 0. The number of methoxy groups -OCH3 is 1. The van der Waals surface area contributed by atoms with Gasteiger partial charge in [0.1, 0.15) is 17.5 Å². The van der Waals surface area contributed by atoms with Crippen LogP contribution in [0.15, 0.2) is 78.9 Å². The third kappa shape index (κ3) is 8.15. The van der Waals surface area contributed by atoms with Crippen LogP contribution in [0.5, 0.6) is 11.5 Å². The van der Waals surface area contributed by atoms with Gasteiger partial charge in [-0.1, -0.05) is 73.5 Å². The molecular formula is C30H36N2O4. The Kier molecular flexibility index (Phi) is 10.4. The summed E-state index contributed by atoms with van der Waals surface area (Å²) in [5, 5.41) is 3.03. The van der Waals surface area contributed by atoms with Crippen molar-refractivity contribution in [2.24, 2.45) is 0 Å². The van der Waals surface area contributed by atoms with Crippen molar-refractivity contribution in [1.29, 1.82) is 0 Å². The molecule has 0 bridgehead atoms. The third-order valence-corrected chi connectivity index (χ3v) is 5.97. The van der Waals surface area contributed by atoms with Crippen molar-refractivity contribution in [3.63, 3.8) is 0 Å². The van der Waals surface area contributed by atoms with Crippen LogP contribution >= 0.6 is 0 Å². The molecule has 0 saturated heterocycles. The average Bonchev–Trinajstić information content (AvgIpc) is 2.91. The Bertz CT molecular complexity index is 1100. The van der Waals surface area contributed by atoms with E-state index in [2.05, 4.69) is 12.2 Å². The molecule has 3 aromatic carbocycles. The van der Waals surface area contributed by atoms with Crippen LogP contribution < -0.4 is 14.8 Å². The Morgan fingerprint density at radius 2 is 1.64 bits per heavy atom. The summed E-state index contributed by atoms with van der Waals surface area (Å²) < 4.78 is 11.2. The molecule has 3 aromatic rings. The number of nitrogens with one attached hydrogen (secondary N) is 1. The molecular weight excluding hydrogens is 452 g/mol. The average molecular weight is 489 g/mol. The second-order valence-corrected chi connectivity index (χ2v) is 8.82. The highest BCUT2D eigenvalue weighted by molar-refractivity contribution is 5.88. The molecule has 0 aromatic heterocycles. The van der Waals surface area contributed by atoms with Crippen LogP contribution in [0.2, 0.25) is 0 Å². The third-order valence-electron chi connectivity index (χ3n) is 5.97. The zero-order valence-corrected chi connectivity index (χ0v) is 21.4. The summed E-state index contributed by atoms with van der Waals surface area (Å²) in [6, 6.07) is 24.2. The van der Waals surface area contributed by atoms with Gasteiger partial charge in [0, 0.05) is 19.5 Å². The van der Waals surface area contributed by atoms with E-state index in [1.807, 2.05) is 85.8 Å². The summed E-state index contributed by atoms with van der Waals surface area (Å²) in [5.74, 6) is 0.883. The van der Waals surface area contributed by atoms with E-state index in [4.69, 9.17) is 9.47 Å². The van der Waals surface area contributed by atoms with Crippen molar-refractivity contribution in [3.05, 3.63) is 95.6 Å². The van der Waals surface area contributed by atoms with E-state index in [0.29, 0.717) is 24.5 Å². The smallest absolute Gasteiger partial charge is 0.261 e. The van der Waals surface area contributed by atoms with Gasteiger partial charge in [-0.15, -0.1) is 0 Å². The lowest BCUT2D eigenvalue weighted by molar-refractivity contribution is -0.142. The Morgan fingerprint density at radius 3 is 2.33 bits per heavy atom. The van der Waals surface area contributed by atoms with Crippen molar-refractivity contribution >= 4 is 11.8 Å². The van der Waals surface area contributed by atoms with Crippen molar-refractivity contribution in [3.8, 4) is 11.5 Å². The van der Waals surface area contributed by atoms with Gasteiger partial charge in [0.15, 0.2) is 6.61 Å². The Labute approximate surface area is 214 Å². The normalized spacial score (nSPS) is 11.4. The van der Waals surface area contributed by atoms with Gasteiger partial charge in [0.2, 0.25) is 5.91 Å². The Hall–Kier alpha value is -3.80. The van der Waals surface area contributed by atoms with E-state index in [9.17, 15) is 9.59 Å². The predicted molar refractivity (Wildman–Crippen MR) is 142 cm³/mol. The summed E-state index contributed by atoms with van der Waals surface area (Å²) in [4.78, 5) is 28.6. The number of rotatable bonds is 13. The molecule has 190 valence electrons. The van der Waals surface area contributed by atoms with Crippen LogP contribution in [-0.4, -0.2) is 43.0 Å². The van der Waals surface area contributed by atoms with Gasteiger partial charge in [-0.05, 0) is 48.7 Å². The number of ether oxygens (including phenoxy) is 2. The first-order valence-corrected chi connectivity index (χ1v) is 12.4. The van der Waals surface area contributed by atoms with Gasteiger partial charge in [0.05, 0.1) is 7.11 Å². The molecule has 36 heavy (non-hydrogen) atoms. The number of nitrogens with zero attached hydrogens (tertiary/aromatic N) is 1. The zero-order valence-electron chi connectivity index (χ0n) is 21.4. The number of carbonyl (C=O) groups is 2. The summed E-state index contributed by atoms with van der Waals surface area (Å²) in [6.07, 6.45) is 2.25. The van der Waals surface area contributed by atoms with Crippen molar-refractivity contribution in [2.45, 2.75) is 45.7 Å². The topological polar surface area (TPSA) is 67.9 Å². The quantitative estimate of drug-likeness (QED) is 0.346. The molecule has 6 nitrogen and oxygen atoms in total. The molecule has 0 aliphatic rings. The van der Waals surface area contributed by atoms with Crippen LogP contribution in [0.4, 0.5) is 0 Å². The number of hydrogen-bond donors (Lipinski definition) is 1. The maximum atomic E-state index is 13.6. The first kappa shape index (κ1) is 26.8. The first-order chi connectivity index (χ1) is 17.5. The molecule has 6 heteroatoms. The molecule has 3 rings (SSSR count). The second-order valence-electron chi connectivity index (χ2n) is 8.82. The van der Waals surface area contributed by atoms with Crippen LogP contribution in [0.1, 0.15) is 36.5 Å². The van der Waals surface area contributed by atoms with Crippen LogP contribution in [0.25, 0.3) is 0 Å². The van der Waals surface area contributed by atoms with Gasteiger partial charge >= 0.3 is 0 Å². The highest BCUT2D eigenvalue weighted by atomic mass is 16.5. The van der Waals surface area contributed by atoms with E-state index in [-0.39, 0.29) is 25.0 Å². The second kappa shape index (κ2) is 13.9. The van der Waals surface area contributed by atoms with Gasteiger partial charge in [-0.2, -0.15) is 0 Å². The number of aryl methyl sites for hydroxylation is 1. The highest BCUT2D eigenvalue weighted by Gasteiger charge is 2.30. The molecule has 2 amide bonds. The van der Waals surface area contributed by atoms with E-state index in [0.717, 1.165) is 29.5 Å². The van der Waals surface area contributed by atoms with Crippen LogP contribution in [-0.2, 0) is 22.6 Å². The minimum Gasteiger partial charge on any atom is -0.497 e. The SMILES string of the molecule is CCCCNC(=O)[C@H](Cc1ccccc1)N(Cc1cccc(OC)c1)C(=O)COc1ccc(C)cc1. The van der Waals surface area contributed by atoms with Crippen LogP contribution in [0, 0.1) is 6.92 Å². The molecule has 0 spiro atoms. The standard InChI is InChI=1S/C30H36N2O4/c1-4-5-18-31-30(34)28(20-24-10-7-6-8-11-24)32(21-25-12-9-13-27(19-25)35-3)29(33)22-36-26-16-14-23(2)15-17-26/h6-17,19,28H,4-5,18,20-22H2,1-3H3,(H,31,34)/t28-/m0/s1. The molecule has 0 unspecified atom stereocenters. The van der Waals surface area contributed by atoms with E-state index in [1.165, 1.54) is 0 Å². The Balaban J connectivity index is 1.89. The fraction of sp³-hybridized carbons (Fsp3) is 0.333. The lowest BCUT2D eigenvalue weighted by Gasteiger charge is -2.31. The molecule has 0 aliphatic heterocycles. The van der Waals surface area contributed by atoms with Crippen molar-refractivity contribution in [2.75, 3.05) is 20.3 Å². The number of hydrogen-bond acceptors (Lipinski definition) is 4. The first-order valence-electron chi connectivity index (χ1n) is 12.4. The molecule has 0 heterocycles. The van der Waals surface area contributed by atoms with Gasteiger partial charge in [0.25, 0.3) is 5.91 Å². The number of amides is 2. The maximum Gasteiger partial charge on any atom is 0.261 e. The van der Waals surface area contributed by atoms with Crippen LogP contribution in [0.3, 0.4) is 0 Å². The molecule has 0 fully saturated rings. The molecule has 0 aliphatic carbocycles. The highest BCUT2D eigenvalue weighted by Crippen LogP contribution is 2.19. The summed E-state index contributed by atoms with van der Waals surface area (Å²) in [7, 11) is 1.61. The number of unbranched alkanes of at least 4 members (excludes halogenated alkanes) is 1. The minimum absolute atomic E-state index is 0.166. The number of benzene rings is 3. The molecule has 1 atom stereocenters. The summed E-state index contributed by atoms with van der Waals surface area (Å²) in [6.45, 7) is 4.74. The zero-order chi connectivity index (χ0) is 25.8.